The second-order valence-corrected chi connectivity index (χ2v) is 10.1. The van der Waals surface area contributed by atoms with E-state index in [0.29, 0.717) is 43.8 Å². The smallest absolute Gasteiger partial charge is 0.245 e. The van der Waals surface area contributed by atoms with Crippen LogP contribution in [-0.2, 0) is 10.2 Å². The molecular formula is C27H31FN8O. The van der Waals surface area contributed by atoms with Crippen LogP contribution in [0.25, 0.3) is 5.52 Å². The zero-order valence-electron chi connectivity index (χ0n) is 21.0. The molecule has 4 heterocycles. The molecule has 1 saturated carbocycles. The van der Waals surface area contributed by atoms with Crippen LogP contribution in [0.2, 0.25) is 0 Å². The van der Waals surface area contributed by atoms with Gasteiger partial charge >= 0.3 is 0 Å². The molecule has 2 aliphatic rings. The number of aromatic nitrogens is 5. The van der Waals surface area contributed by atoms with Gasteiger partial charge in [-0.05, 0) is 49.6 Å². The lowest BCUT2D eigenvalue weighted by atomic mass is 9.68. The van der Waals surface area contributed by atoms with Crippen LogP contribution in [0.5, 0.6) is 0 Å². The number of amides is 1. The molecule has 0 unspecified atom stereocenters. The highest BCUT2D eigenvalue weighted by Gasteiger charge is 2.44. The molecule has 6 rings (SSSR count). The number of hydrogen-bond donors (Lipinski definition) is 2. The Kier molecular flexibility index (Phi) is 6.02. The van der Waals surface area contributed by atoms with Crippen molar-refractivity contribution in [1.82, 2.24) is 29.7 Å². The first-order chi connectivity index (χ1) is 18.0. The molecule has 37 heavy (non-hydrogen) atoms. The molecule has 0 atom stereocenters. The summed E-state index contributed by atoms with van der Waals surface area (Å²) in [7, 11) is 0. The number of aryl methyl sites for hydroxylation is 1. The van der Waals surface area contributed by atoms with Crippen molar-refractivity contribution in [3.05, 3.63) is 65.7 Å². The molecule has 0 radical (unpaired) electrons. The molecule has 192 valence electrons. The van der Waals surface area contributed by atoms with Gasteiger partial charge in [0.05, 0.1) is 5.41 Å². The fraction of sp³-hybridized carbons (Fsp3) is 0.407. The zero-order chi connectivity index (χ0) is 25.4. The minimum atomic E-state index is -0.562. The maximum Gasteiger partial charge on any atom is 0.245 e. The lowest BCUT2D eigenvalue weighted by Crippen LogP contribution is -2.55. The van der Waals surface area contributed by atoms with E-state index in [2.05, 4.69) is 20.4 Å². The topological polar surface area (TPSA) is 94.5 Å². The van der Waals surface area contributed by atoms with Crippen molar-refractivity contribution >= 4 is 29.0 Å². The Morgan fingerprint density at radius 2 is 1.81 bits per heavy atom. The Labute approximate surface area is 214 Å². The van der Waals surface area contributed by atoms with Crippen LogP contribution in [0.4, 0.5) is 22.0 Å². The molecule has 2 N–H and O–H groups in total. The average Bonchev–Trinajstić information content (AvgIpc) is 3.58. The van der Waals surface area contributed by atoms with E-state index in [9.17, 15) is 9.18 Å². The van der Waals surface area contributed by atoms with E-state index in [4.69, 9.17) is 10.1 Å². The van der Waals surface area contributed by atoms with Crippen molar-refractivity contribution in [2.75, 3.05) is 36.4 Å². The quantitative estimate of drug-likeness (QED) is 0.425. The monoisotopic (exact) mass is 502 g/mol. The molecular weight excluding hydrogens is 471 g/mol. The van der Waals surface area contributed by atoms with E-state index in [1.54, 1.807) is 12.1 Å². The number of halogens is 1. The highest BCUT2D eigenvalue weighted by atomic mass is 19.1. The third kappa shape index (κ3) is 4.41. The van der Waals surface area contributed by atoms with E-state index in [1.807, 2.05) is 40.7 Å². The Bertz CT molecular complexity index is 1400. The van der Waals surface area contributed by atoms with E-state index < -0.39 is 5.41 Å². The van der Waals surface area contributed by atoms with E-state index in [-0.39, 0.29) is 11.7 Å². The van der Waals surface area contributed by atoms with Gasteiger partial charge in [-0.25, -0.2) is 8.91 Å². The fourth-order valence-corrected chi connectivity index (χ4v) is 5.71. The standard InChI is InChI=1S/C27H31FN8O/c1-19-18-23(32-31-19)29-24-22-6-5-13-36(22)33-26(30-24)35-16-14-34(15-17-35)25(37)27(11-3-2-4-12-27)20-7-9-21(28)10-8-20/h5-10,13,18H,2-4,11-12,14-17H2,1H3,(H2,29,30,31,32,33). The van der Waals surface area contributed by atoms with Crippen molar-refractivity contribution in [2.24, 2.45) is 0 Å². The largest absolute Gasteiger partial charge is 0.338 e. The van der Waals surface area contributed by atoms with Crippen LogP contribution in [0.15, 0.2) is 48.7 Å². The molecule has 4 aromatic rings. The summed E-state index contributed by atoms with van der Waals surface area (Å²) < 4.78 is 15.5. The van der Waals surface area contributed by atoms with E-state index >= 15 is 0 Å². The number of H-pyrrole nitrogens is 1. The summed E-state index contributed by atoms with van der Waals surface area (Å²) in [4.78, 5) is 22.9. The van der Waals surface area contributed by atoms with Gasteiger partial charge in [-0.15, -0.1) is 5.10 Å². The Balaban J connectivity index is 1.21. The number of piperazine rings is 1. The van der Waals surface area contributed by atoms with Gasteiger partial charge in [0.1, 0.15) is 11.3 Å². The maximum absolute atomic E-state index is 14.0. The molecule has 1 aromatic carbocycles. The van der Waals surface area contributed by atoms with Gasteiger partial charge in [-0.1, -0.05) is 31.4 Å². The molecule has 0 spiro atoms. The number of nitrogens with one attached hydrogen (secondary N) is 2. The van der Waals surface area contributed by atoms with Gasteiger partial charge < -0.3 is 15.1 Å². The number of fused-ring (bicyclic) bond motifs is 1. The molecule has 9 nitrogen and oxygen atoms in total. The predicted octanol–water partition coefficient (Wildman–Crippen LogP) is 4.19. The highest BCUT2D eigenvalue weighted by molar-refractivity contribution is 5.88. The molecule has 1 aliphatic heterocycles. The molecule has 1 amide bonds. The number of benzene rings is 1. The van der Waals surface area contributed by atoms with Crippen LogP contribution in [0, 0.1) is 12.7 Å². The van der Waals surface area contributed by atoms with Crippen molar-refractivity contribution in [1.29, 1.82) is 0 Å². The van der Waals surface area contributed by atoms with Crippen molar-refractivity contribution in [3.8, 4) is 0 Å². The van der Waals surface area contributed by atoms with E-state index in [0.717, 1.165) is 48.9 Å². The first-order valence-electron chi connectivity index (χ1n) is 13.0. The van der Waals surface area contributed by atoms with Crippen LogP contribution in [-0.4, -0.2) is 61.8 Å². The van der Waals surface area contributed by atoms with Crippen molar-refractivity contribution in [2.45, 2.75) is 44.4 Å². The first kappa shape index (κ1) is 23.4. The number of anilines is 3. The average molecular weight is 503 g/mol. The minimum absolute atomic E-state index is 0.163. The summed E-state index contributed by atoms with van der Waals surface area (Å²) in [5, 5.41) is 15.2. The number of carbonyl (C=O) groups is 1. The van der Waals surface area contributed by atoms with Gasteiger partial charge in [0, 0.05) is 44.1 Å². The van der Waals surface area contributed by atoms with Gasteiger partial charge in [-0.3, -0.25) is 9.89 Å². The van der Waals surface area contributed by atoms with Gasteiger partial charge in [-0.2, -0.15) is 10.1 Å². The minimum Gasteiger partial charge on any atom is -0.338 e. The van der Waals surface area contributed by atoms with Crippen LogP contribution in [0.3, 0.4) is 0 Å². The zero-order valence-corrected chi connectivity index (χ0v) is 21.0. The second-order valence-electron chi connectivity index (χ2n) is 10.1. The van der Waals surface area contributed by atoms with Gasteiger partial charge in [0.25, 0.3) is 0 Å². The summed E-state index contributed by atoms with van der Waals surface area (Å²) in [6.45, 7) is 4.41. The summed E-state index contributed by atoms with van der Waals surface area (Å²) in [6.07, 6.45) is 6.69. The van der Waals surface area contributed by atoms with Crippen molar-refractivity contribution < 1.29 is 9.18 Å². The lowest BCUT2D eigenvalue weighted by Gasteiger charge is -2.43. The predicted molar refractivity (Wildman–Crippen MR) is 140 cm³/mol. The van der Waals surface area contributed by atoms with Crippen LogP contribution >= 0.6 is 0 Å². The Morgan fingerprint density at radius 3 is 2.51 bits per heavy atom. The van der Waals surface area contributed by atoms with Crippen molar-refractivity contribution in [3.63, 3.8) is 0 Å². The molecule has 1 saturated heterocycles. The lowest BCUT2D eigenvalue weighted by molar-refractivity contribution is -0.139. The van der Waals surface area contributed by atoms with Crippen LogP contribution < -0.4 is 10.2 Å². The van der Waals surface area contributed by atoms with Gasteiger partial charge in [0.2, 0.25) is 11.9 Å². The van der Waals surface area contributed by atoms with E-state index in [1.165, 1.54) is 12.1 Å². The summed E-state index contributed by atoms with van der Waals surface area (Å²) in [6, 6.07) is 12.4. The summed E-state index contributed by atoms with van der Waals surface area (Å²) >= 11 is 0. The molecule has 3 aromatic heterocycles. The van der Waals surface area contributed by atoms with Gasteiger partial charge in [0.15, 0.2) is 11.6 Å². The number of nitrogens with zero attached hydrogens (tertiary/aromatic N) is 6. The summed E-state index contributed by atoms with van der Waals surface area (Å²) in [5.74, 6) is 1.87. The third-order valence-electron chi connectivity index (χ3n) is 7.70. The number of carbonyl (C=O) groups excluding carboxylic acids is 1. The number of rotatable bonds is 5. The fourth-order valence-electron chi connectivity index (χ4n) is 5.71. The normalized spacial score (nSPS) is 17.8. The summed E-state index contributed by atoms with van der Waals surface area (Å²) in [5.41, 5.74) is 2.19. The molecule has 1 aliphatic carbocycles. The first-order valence-corrected chi connectivity index (χ1v) is 13.0. The highest BCUT2D eigenvalue weighted by Crippen LogP contribution is 2.41. The molecule has 2 fully saturated rings. The maximum atomic E-state index is 14.0. The SMILES string of the molecule is Cc1cc(Nc2nc(N3CCN(C(=O)C4(c5ccc(F)cc5)CCCCC4)CC3)nn3cccc23)n[nH]1. The number of hydrogen-bond acceptors (Lipinski definition) is 6. The van der Waals surface area contributed by atoms with Crippen LogP contribution in [0.1, 0.15) is 43.4 Å². The molecule has 0 bridgehead atoms. The number of aromatic amines is 1. The molecule has 10 heteroatoms. The Morgan fingerprint density at radius 1 is 1.05 bits per heavy atom. The second kappa shape index (κ2) is 9.49. The Hall–Kier alpha value is -3.95. The third-order valence-corrected chi connectivity index (χ3v) is 7.70.